The van der Waals surface area contributed by atoms with Gasteiger partial charge in [-0.2, -0.15) is 22.9 Å². The van der Waals surface area contributed by atoms with Gasteiger partial charge in [0.15, 0.2) is 12.4 Å². The minimum Gasteiger partial charge on any atom is -0.484 e. The number of carbonyl (C=O) groups excluding carboxylic acids is 2. The van der Waals surface area contributed by atoms with Crippen molar-refractivity contribution in [3.8, 4) is 5.75 Å². The average molecular weight is 639 g/mol. The van der Waals surface area contributed by atoms with Gasteiger partial charge in [-0.25, -0.2) is 4.79 Å². The Morgan fingerprint density at radius 3 is 2.36 bits per heavy atom. The number of alkyl halides is 3. The molecule has 0 bridgehead atoms. The van der Waals surface area contributed by atoms with Crippen LogP contribution >= 0.6 is 0 Å². The zero-order valence-corrected chi connectivity index (χ0v) is 25.9. The van der Waals surface area contributed by atoms with Gasteiger partial charge in [-0.3, -0.25) is 4.79 Å². The van der Waals surface area contributed by atoms with E-state index in [-0.39, 0.29) is 24.9 Å². The number of aromatic nitrogens is 3. The lowest BCUT2D eigenvalue weighted by atomic mass is 9.89. The van der Waals surface area contributed by atoms with Gasteiger partial charge < -0.3 is 29.2 Å². The highest BCUT2D eigenvalue weighted by Gasteiger charge is 2.40. The number of hydrogen-bond donors (Lipinski definition) is 1. The Balaban J connectivity index is 1.08. The summed E-state index contributed by atoms with van der Waals surface area (Å²) in [6, 6.07) is 7.63. The second-order valence-corrected chi connectivity index (χ2v) is 11.8. The molecule has 2 aromatic rings. The summed E-state index contributed by atoms with van der Waals surface area (Å²) < 4.78 is 62.1. The number of likely N-dealkylation sites (tertiary alicyclic amines) is 1. The maximum Gasteiger partial charge on any atom is 0.453 e. The van der Waals surface area contributed by atoms with Gasteiger partial charge in [-0.1, -0.05) is 12.1 Å². The van der Waals surface area contributed by atoms with E-state index in [1.54, 1.807) is 20.8 Å². The first-order valence-electron chi connectivity index (χ1n) is 15.1. The predicted molar refractivity (Wildman–Crippen MR) is 157 cm³/mol. The van der Waals surface area contributed by atoms with Crippen LogP contribution < -0.4 is 10.1 Å². The van der Waals surface area contributed by atoms with Gasteiger partial charge >= 0.3 is 12.1 Å². The number of carbonyl (C=O) groups is 2. The van der Waals surface area contributed by atoms with E-state index in [0.717, 1.165) is 23.1 Å². The molecular weight excluding hydrogens is 597 g/mol. The number of nitrogens with one attached hydrogen (secondary N) is 1. The second kappa shape index (κ2) is 15.5. The first-order valence-corrected chi connectivity index (χ1v) is 15.1. The number of amidine groups is 1. The molecule has 12 nitrogen and oxygen atoms in total. The number of ether oxygens (including phenoxy) is 4. The first kappa shape index (κ1) is 34.2. The van der Waals surface area contributed by atoms with Gasteiger partial charge in [0, 0.05) is 45.7 Å². The Morgan fingerprint density at radius 2 is 1.67 bits per heavy atom. The Hall–Kier alpha value is -3.72. The van der Waals surface area contributed by atoms with Crippen LogP contribution in [0.2, 0.25) is 0 Å². The summed E-state index contributed by atoms with van der Waals surface area (Å²) in [5.74, 6) is -0.0268. The third-order valence-electron chi connectivity index (χ3n) is 7.11. The Bertz CT molecular complexity index is 1300. The Labute approximate surface area is 260 Å². The van der Waals surface area contributed by atoms with E-state index < -0.39 is 23.6 Å². The fraction of sp³-hybridized carbons (Fsp3) is 0.633. The molecular formula is C30H41F3N6O6. The van der Waals surface area contributed by atoms with Crippen molar-refractivity contribution in [1.82, 2.24) is 25.1 Å². The molecule has 0 saturated carbocycles. The van der Waals surface area contributed by atoms with Gasteiger partial charge in [0.25, 0.3) is 11.7 Å². The summed E-state index contributed by atoms with van der Waals surface area (Å²) in [6.07, 6.45) is -1.43. The van der Waals surface area contributed by atoms with E-state index in [4.69, 9.17) is 18.9 Å². The van der Waals surface area contributed by atoms with Gasteiger partial charge in [-0.05, 0) is 63.6 Å². The van der Waals surface area contributed by atoms with E-state index in [1.165, 1.54) is 0 Å². The van der Waals surface area contributed by atoms with Crippen molar-refractivity contribution in [2.24, 2.45) is 5.10 Å². The normalized spacial score (nSPS) is 15.8. The number of aryl methyl sites for hydroxylation is 1. The zero-order chi connectivity index (χ0) is 32.5. The highest BCUT2D eigenvalue weighted by molar-refractivity contribution is 5.83. The van der Waals surface area contributed by atoms with Crippen LogP contribution in [0.1, 0.15) is 69.6 Å². The molecule has 15 heteroatoms. The maximum absolute atomic E-state index is 13.2. The van der Waals surface area contributed by atoms with Crippen LogP contribution in [-0.4, -0.2) is 95.8 Å². The van der Waals surface area contributed by atoms with Crippen molar-refractivity contribution >= 4 is 17.7 Å². The van der Waals surface area contributed by atoms with Crippen LogP contribution in [-0.2, 0) is 36.4 Å². The van der Waals surface area contributed by atoms with Gasteiger partial charge in [0.2, 0.25) is 0 Å². The van der Waals surface area contributed by atoms with Crippen LogP contribution in [0.5, 0.6) is 5.75 Å². The quantitative estimate of drug-likeness (QED) is 0.259. The molecule has 1 N–H and O–H groups in total. The maximum atomic E-state index is 13.2. The fourth-order valence-corrected chi connectivity index (χ4v) is 5.02. The minimum atomic E-state index is -4.61. The molecule has 45 heavy (non-hydrogen) atoms. The number of benzene rings is 1. The van der Waals surface area contributed by atoms with Gasteiger partial charge in [0.05, 0.1) is 6.61 Å². The smallest absolute Gasteiger partial charge is 0.453 e. The molecule has 248 valence electrons. The van der Waals surface area contributed by atoms with Crippen molar-refractivity contribution in [3.63, 3.8) is 0 Å². The number of piperidine rings is 1. The third-order valence-corrected chi connectivity index (χ3v) is 7.11. The van der Waals surface area contributed by atoms with Crippen molar-refractivity contribution in [1.29, 1.82) is 0 Å². The monoisotopic (exact) mass is 638 g/mol. The predicted octanol–water partition coefficient (Wildman–Crippen LogP) is 3.54. The fourth-order valence-electron chi connectivity index (χ4n) is 5.02. The summed E-state index contributed by atoms with van der Waals surface area (Å²) in [7, 11) is 0. The highest BCUT2D eigenvalue weighted by atomic mass is 19.4. The van der Waals surface area contributed by atoms with E-state index in [2.05, 4.69) is 20.6 Å². The lowest BCUT2D eigenvalue weighted by molar-refractivity contribution is -0.160. The standard InChI is InChI=1S/C30H41F3N6O6/c1-29(2,3)45-27(41)20-43-17-4-16-42-18-13-34-26(40)19-44-23-7-5-21(6-8-23)22-11-14-38(15-12-22)25-10-9-24-35-36-28(30(31,32)33)39(24)37-25/h5-8,22H,4,9-20H2,1-3H3,(H,34,40). The van der Waals surface area contributed by atoms with Crippen LogP contribution in [0.3, 0.4) is 0 Å². The number of rotatable bonds is 13. The molecule has 1 aromatic carbocycles. The van der Waals surface area contributed by atoms with E-state index >= 15 is 0 Å². The summed E-state index contributed by atoms with van der Waals surface area (Å²) in [4.78, 5) is 25.7. The number of nitrogens with zero attached hydrogens (tertiary/aromatic N) is 5. The number of esters is 1. The van der Waals surface area contributed by atoms with Crippen molar-refractivity contribution in [2.45, 2.75) is 70.6 Å². The zero-order valence-electron chi connectivity index (χ0n) is 25.9. The topological polar surface area (TPSA) is 129 Å². The molecule has 1 saturated heterocycles. The number of fused-ring (bicyclic) bond motifs is 1. The lowest BCUT2D eigenvalue weighted by Gasteiger charge is -2.35. The van der Waals surface area contributed by atoms with Crippen molar-refractivity contribution < 1.29 is 41.7 Å². The summed E-state index contributed by atoms with van der Waals surface area (Å²) >= 11 is 0. The number of amides is 1. The molecule has 3 heterocycles. The van der Waals surface area contributed by atoms with Crippen molar-refractivity contribution in [3.05, 3.63) is 41.5 Å². The van der Waals surface area contributed by atoms with E-state index in [0.29, 0.717) is 76.2 Å². The van der Waals surface area contributed by atoms with Gasteiger partial charge in [-0.15, -0.1) is 10.2 Å². The van der Waals surface area contributed by atoms with Crippen LogP contribution in [0.25, 0.3) is 0 Å². The summed E-state index contributed by atoms with van der Waals surface area (Å²) in [6.45, 7) is 8.04. The van der Waals surface area contributed by atoms with Gasteiger partial charge in [0.1, 0.15) is 23.8 Å². The summed E-state index contributed by atoms with van der Waals surface area (Å²) in [5.41, 5.74) is 0.606. The van der Waals surface area contributed by atoms with E-state index in [9.17, 15) is 22.8 Å². The minimum absolute atomic E-state index is 0.0984. The molecule has 2 aliphatic heterocycles. The molecule has 1 aromatic heterocycles. The molecule has 0 unspecified atom stereocenters. The molecule has 0 aliphatic carbocycles. The molecule has 1 amide bonds. The molecule has 1 fully saturated rings. The molecule has 0 atom stereocenters. The molecule has 4 rings (SSSR count). The van der Waals surface area contributed by atoms with Crippen LogP contribution in [0.4, 0.5) is 13.2 Å². The second-order valence-electron chi connectivity index (χ2n) is 11.8. The third kappa shape index (κ3) is 10.7. The number of halogens is 3. The molecule has 0 radical (unpaired) electrons. The van der Waals surface area contributed by atoms with E-state index in [1.807, 2.05) is 29.2 Å². The Kier molecular flexibility index (Phi) is 11.8. The summed E-state index contributed by atoms with van der Waals surface area (Å²) in [5, 5.41) is 13.9. The first-order chi connectivity index (χ1) is 21.4. The largest absolute Gasteiger partial charge is 0.484 e. The highest BCUT2D eigenvalue weighted by Crippen LogP contribution is 2.32. The van der Waals surface area contributed by atoms with Crippen molar-refractivity contribution in [2.75, 3.05) is 52.7 Å². The molecule has 0 spiro atoms. The number of hydrogen-bond acceptors (Lipinski definition) is 10. The SMILES string of the molecule is CC(C)(C)OC(=O)COCCCOCCNC(=O)COc1ccc(C2CCN(C3=Nn4c(nnc4C(F)(F)F)CC3)CC2)cc1. The van der Waals surface area contributed by atoms with Crippen LogP contribution in [0.15, 0.2) is 29.4 Å². The lowest BCUT2D eigenvalue weighted by Crippen LogP contribution is -2.40. The average Bonchev–Trinajstić information content (AvgIpc) is 3.43. The molecule has 2 aliphatic rings. The Morgan fingerprint density at radius 1 is 0.956 bits per heavy atom. The van der Waals surface area contributed by atoms with Crippen LogP contribution in [0, 0.1) is 0 Å².